The highest BCUT2D eigenvalue weighted by Gasteiger charge is 2.21. The van der Waals surface area contributed by atoms with Crippen molar-refractivity contribution in [1.82, 2.24) is 10.3 Å². The molecule has 1 aromatic carbocycles. The zero-order valence-electron chi connectivity index (χ0n) is 11.4. The van der Waals surface area contributed by atoms with Crippen LogP contribution < -0.4 is 10.1 Å². The lowest BCUT2D eigenvalue weighted by atomic mass is 10.0. The molecule has 0 saturated heterocycles. The third-order valence-electron chi connectivity index (χ3n) is 2.97. The average molecular weight is 356 g/mol. The highest BCUT2D eigenvalue weighted by atomic mass is 79.9. The van der Waals surface area contributed by atoms with Crippen molar-refractivity contribution in [3.8, 4) is 5.75 Å². The summed E-state index contributed by atoms with van der Waals surface area (Å²) in [6.45, 7) is 2.87. The molecule has 0 aliphatic rings. The maximum atomic E-state index is 6.13. The standard InChI is InChI=1S/C15H16BrClN2O/c1-3-18-14(15-12(16)5-4-8-19-15)11-9-10(17)6-7-13(11)20-2/h4-9,14,18H,3H2,1-2H3. The topological polar surface area (TPSA) is 34.1 Å². The molecule has 3 nitrogen and oxygen atoms in total. The van der Waals surface area contributed by atoms with Gasteiger partial charge in [-0.05, 0) is 52.8 Å². The SMILES string of the molecule is CCNC(c1cc(Cl)ccc1OC)c1ncccc1Br. The molecule has 2 aromatic rings. The van der Waals surface area contributed by atoms with Crippen LogP contribution in [0.2, 0.25) is 5.02 Å². The predicted octanol–water partition coefficient (Wildman–Crippen LogP) is 4.21. The Morgan fingerprint density at radius 2 is 2.20 bits per heavy atom. The van der Waals surface area contributed by atoms with Gasteiger partial charge in [-0.15, -0.1) is 0 Å². The maximum absolute atomic E-state index is 6.13. The van der Waals surface area contributed by atoms with Crippen molar-refractivity contribution in [1.29, 1.82) is 0 Å². The van der Waals surface area contributed by atoms with Crippen molar-refractivity contribution in [2.24, 2.45) is 0 Å². The molecule has 0 aliphatic heterocycles. The Morgan fingerprint density at radius 3 is 2.85 bits per heavy atom. The number of hydrogen-bond donors (Lipinski definition) is 1. The summed E-state index contributed by atoms with van der Waals surface area (Å²) in [5, 5.41) is 4.10. The van der Waals surface area contributed by atoms with Crippen LogP contribution in [0.4, 0.5) is 0 Å². The van der Waals surface area contributed by atoms with Gasteiger partial charge in [-0.2, -0.15) is 0 Å². The van der Waals surface area contributed by atoms with Gasteiger partial charge in [-0.25, -0.2) is 0 Å². The van der Waals surface area contributed by atoms with Crippen LogP contribution >= 0.6 is 27.5 Å². The average Bonchev–Trinajstić information content (AvgIpc) is 2.46. The summed E-state index contributed by atoms with van der Waals surface area (Å²) >= 11 is 9.68. The number of nitrogens with zero attached hydrogens (tertiary/aromatic N) is 1. The summed E-state index contributed by atoms with van der Waals surface area (Å²) in [4.78, 5) is 4.47. The maximum Gasteiger partial charge on any atom is 0.124 e. The first-order valence-electron chi connectivity index (χ1n) is 6.34. The van der Waals surface area contributed by atoms with Gasteiger partial charge in [-0.3, -0.25) is 4.98 Å². The van der Waals surface area contributed by atoms with Crippen LogP contribution in [0.1, 0.15) is 24.2 Å². The van der Waals surface area contributed by atoms with Gasteiger partial charge in [0.2, 0.25) is 0 Å². The first kappa shape index (κ1) is 15.3. The molecule has 0 amide bonds. The van der Waals surface area contributed by atoms with Crippen molar-refractivity contribution in [3.63, 3.8) is 0 Å². The molecule has 1 heterocycles. The molecule has 0 aliphatic carbocycles. The largest absolute Gasteiger partial charge is 0.496 e. The molecule has 106 valence electrons. The van der Waals surface area contributed by atoms with Gasteiger partial charge in [0.15, 0.2) is 0 Å². The van der Waals surface area contributed by atoms with Crippen LogP contribution in [0.25, 0.3) is 0 Å². The van der Waals surface area contributed by atoms with E-state index in [1.807, 2.05) is 30.3 Å². The number of halogens is 2. The van der Waals surface area contributed by atoms with E-state index >= 15 is 0 Å². The first-order chi connectivity index (χ1) is 9.67. The third-order valence-corrected chi connectivity index (χ3v) is 3.88. The Balaban J connectivity index is 2.54. The molecule has 1 N–H and O–H groups in total. The van der Waals surface area contributed by atoms with E-state index in [9.17, 15) is 0 Å². The zero-order chi connectivity index (χ0) is 14.5. The first-order valence-corrected chi connectivity index (χ1v) is 7.51. The monoisotopic (exact) mass is 354 g/mol. The predicted molar refractivity (Wildman–Crippen MR) is 85.5 cm³/mol. The van der Waals surface area contributed by atoms with Gasteiger partial charge in [0.05, 0.1) is 18.8 Å². The Morgan fingerprint density at radius 1 is 1.40 bits per heavy atom. The van der Waals surface area contributed by atoms with Gasteiger partial charge < -0.3 is 10.1 Å². The molecular weight excluding hydrogens is 340 g/mol. The van der Waals surface area contributed by atoms with E-state index in [0.29, 0.717) is 5.02 Å². The number of ether oxygens (including phenoxy) is 1. The zero-order valence-corrected chi connectivity index (χ0v) is 13.7. The molecule has 1 atom stereocenters. The van der Waals surface area contributed by atoms with E-state index in [1.54, 1.807) is 13.3 Å². The second-order valence-corrected chi connectivity index (χ2v) is 5.54. The number of methoxy groups -OCH3 is 1. The van der Waals surface area contributed by atoms with E-state index < -0.39 is 0 Å². The minimum Gasteiger partial charge on any atom is -0.496 e. The molecule has 0 fully saturated rings. The number of aromatic nitrogens is 1. The number of pyridine rings is 1. The summed E-state index contributed by atoms with van der Waals surface area (Å²) in [6, 6.07) is 9.40. The molecule has 1 aromatic heterocycles. The van der Waals surface area contributed by atoms with Crippen LogP contribution in [0.3, 0.4) is 0 Å². The van der Waals surface area contributed by atoms with Gasteiger partial charge >= 0.3 is 0 Å². The van der Waals surface area contributed by atoms with E-state index in [0.717, 1.165) is 28.0 Å². The van der Waals surface area contributed by atoms with Crippen LogP contribution in [0.15, 0.2) is 41.0 Å². The molecule has 0 radical (unpaired) electrons. The van der Waals surface area contributed by atoms with Crippen molar-refractivity contribution in [3.05, 3.63) is 57.3 Å². The fraction of sp³-hybridized carbons (Fsp3) is 0.267. The van der Waals surface area contributed by atoms with Crippen LogP contribution in [0.5, 0.6) is 5.75 Å². The Hall–Kier alpha value is -1.10. The summed E-state index contributed by atoms with van der Waals surface area (Å²) < 4.78 is 6.40. The molecule has 5 heteroatoms. The van der Waals surface area contributed by atoms with Crippen LogP contribution in [-0.2, 0) is 0 Å². The third kappa shape index (κ3) is 3.32. The van der Waals surface area contributed by atoms with Crippen molar-refractivity contribution >= 4 is 27.5 Å². The van der Waals surface area contributed by atoms with Crippen LogP contribution in [-0.4, -0.2) is 18.6 Å². The molecule has 20 heavy (non-hydrogen) atoms. The van der Waals surface area contributed by atoms with Crippen molar-refractivity contribution in [2.75, 3.05) is 13.7 Å². The molecular formula is C15H16BrClN2O. The van der Waals surface area contributed by atoms with Gasteiger partial charge in [0.25, 0.3) is 0 Å². The summed E-state index contributed by atoms with van der Waals surface area (Å²) in [6.07, 6.45) is 1.78. The Labute approximate surface area is 132 Å². The fourth-order valence-electron chi connectivity index (χ4n) is 2.10. The fourth-order valence-corrected chi connectivity index (χ4v) is 2.76. The second-order valence-electron chi connectivity index (χ2n) is 4.25. The lowest BCUT2D eigenvalue weighted by Gasteiger charge is -2.21. The lowest BCUT2D eigenvalue weighted by Crippen LogP contribution is -2.24. The van der Waals surface area contributed by atoms with Gasteiger partial charge in [0, 0.05) is 21.3 Å². The highest BCUT2D eigenvalue weighted by Crippen LogP contribution is 2.34. The Bertz CT molecular complexity index is 592. The number of benzene rings is 1. The van der Waals surface area contributed by atoms with Gasteiger partial charge in [-0.1, -0.05) is 18.5 Å². The Kier molecular flexibility index (Phi) is 5.40. The lowest BCUT2D eigenvalue weighted by molar-refractivity contribution is 0.403. The van der Waals surface area contributed by atoms with Crippen molar-refractivity contribution < 1.29 is 4.74 Å². The number of hydrogen-bond acceptors (Lipinski definition) is 3. The van der Waals surface area contributed by atoms with E-state index in [2.05, 4.69) is 33.2 Å². The molecule has 0 spiro atoms. The second kappa shape index (κ2) is 7.07. The van der Waals surface area contributed by atoms with E-state index in [4.69, 9.17) is 16.3 Å². The number of rotatable bonds is 5. The van der Waals surface area contributed by atoms with E-state index in [-0.39, 0.29) is 6.04 Å². The minimum absolute atomic E-state index is 0.0794. The number of nitrogens with one attached hydrogen (secondary N) is 1. The minimum atomic E-state index is -0.0794. The molecule has 0 saturated carbocycles. The van der Waals surface area contributed by atoms with Gasteiger partial charge in [0.1, 0.15) is 5.75 Å². The molecule has 2 rings (SSSR count). The normalized spacial score (nSPS) is 12.2. The summed E-state index contributed by atoms with van der Waals surface area (Å²) in [7, 11) is 1.66. The van der Waals surface area contributed by atoms with E-state index in [1.165, 1.54) is 0 Å². The van der Waals surface area contributed by atoms with Crippen molar-refractivity contribution in [2.45, 2.75) is 13.0 Å². The highest BCUT2D eigenvalue weighted by molar-refractivity contribution is 9.10. The smallest absolute Gasteiger partial charge is 0.124 e. The molecule has 0 bridgehead atoms. The molecule has 1 unspecified atom stereocenters. The summed E-state index contributed by atoms with van der Waals surface area (Å²) in [5.74, 6) is 0.790. The quantitative estimate of drug-likeness (QED) is 0.872. The summed E-state index contributed by atoms with van der Waals surface area (Å²) in [5.41, 5.74) is 1.89. The van der Waals surface area contributed by atoms with Crippen LogP contribution in [0, 0.1) is 0 Å².